The summed E-state index contributed by atoms with van der Waals surface area (Å²) in [4.78, 5) is 14.9. The molecule has 0 N–H and O–H groups in total. The number of nitrogens with zero attached hydrogens (tertiary/aromatic N) is 2. The molecule has 1 amide bonds. The van der Waals surface area contributed by atoms with Crippen LogP contribution in [0.2, 0.25) is 0 Å². The number of ether oxygens (including phenoxy) is 1. The molecule has 2 heterocycles. The standard InChI is InChI=1S/C16H17FN2O2/c1-2-21-15(20)19-11-14-16(17,12-19)8-9-18(14)10-13-6-4-3-5-7-13/h3-9,11H,2,10,12H2,1H3. The van der Waals surface area contributed by atoms with Gasteiger partial charge in [-0.25, -0.2) is 9.18 Å². The van der Waals surface area contributed by atoms with Crippen molar-refractivity contribution in [2.24, 2.45) is 0 Å². The summed E-state index contributed by atoms with van der Waals surface area (Å²) in [5, 5.41) is 0. The molecule has 0 saturated heterocycles. The van der Waals surface area contributed by atoms with E-state index < -0.39 is 11.8 Å². The van der Waals surface area contributed by atoms with E-state index in [1.807, 2.05) is 35.2 Å². The Balaban J connectivity index is 1.78. The Morgan fingerprint density at radius 2 is 2.14 bits per heavy atom. The van der Waals surface area contributed by atoms with Crippen LogP contribution in [0, 0.1) is 0 Å². The van der Waals surface area contributed by atoms with Crippen LogP contribution in [0.15, 0.2) is 54.5 Å². The lowest BCUT2D eigenvalue weighted by molar-refractivity contribution is 0.115. The molecule has 0 fully saturated rings. The van der Waals surface area contributed by atoms with Crippen LogP contribution >= 0.6 is 0 Å². The zero-order valence-corrected chi connectivity index (χ0v) is 11.8. The molecular weight excluding hydrogens is 271 g/mol. The van der Waals surface area contributed by atoms with Gasteiger partial charge >= 0.3 is 6.09 Å². The molecule has 1 atom stereocenters. The molecular formula is C16H17FN2O2. The number of hydrogen-bond donors (Lipinski definition) is 0. The molecule has 0 bridgehead atoms. The summed E-state index contributed by atoms with van der Waals surface area (Å²) < 4.78 is 19.8. The highest BCUT2D eigenvalue weighted by molar-refractivity contribution is 5.70. The van der Waals surface area contributed by atoms with E-state index in [9.17, 15) is 9.18 Å². The Hall–Kier alpha value is -2.30. The summed E-state index contributed by atoms with van der Waals surface area (Å²) in [7, 11) is 0. The number of rotatable bonds is 3. The quantitative estimate of drug-likeness (QED) is 0.857. The highest BCUT2D eigenvalue weighted by atomic mass is 19.1. The van der Waals surface area contributed by atoms with Crippen LogP contribution in [-0.4, -0.2) is 34.7 Å². The van der Waals surface area contributed by atoms with E-state index in [1.165, 1.54) is 11.0 Å². The third kappa shape index (κ3) is 2.51. The second kappa shape index (κ2) is 5.24. The largest absolute Gasteiger partial charge is 0.449 e. The Bertz CT molecular complexity index is 600. The Morgan fingerprint density at radius 1 is 1.38 bits per heavy atom. The number of fused-ring (bicyclic) bond motifs is 1. The van der Waals surface area contributed by atoms with Crippen molar-refractivity contribution in [2.75, 3.05) is 13.2 Å². The fourth-order valence-corrected chi connectivity index (χ4v) is 2.61. The van der Waals surface area contributed by atoms with Gasteiger partial charge in [-0.05, 0) is 18.6 Å². The molecule has 0 aliphatic carbocycles. The monoisotopic (exact) mass is 288 g/mol. The summed E-state index contributed by atoms with van der Waals surface area (Å²) in [6.45, 7) is 2.56. The number of amides is 1. The van der Waals surface area contributed by atoms with Crippen LogP contribution in [0.1, 0.15) is 12.5 Å². The fourth-order valence-electron chi connectivity index (χ4n) is 2.61. The van der Waals surface area contributed by atoms with Crippen molar-refractivity contribution in [2.45, 2.75) is 19.1 Å². The molecule has 5 heteroatoms. The second-order valence-corrected chi connectivity index (χ2v) is 5.13. The number of hydrogen-bond acceptors (Lipinski definition) is 3. The predicted octanol–water partition coefficient (Wildman–Crippen LogP) is 3.04. The molecule has 2 aliphatic heterocycles. The SMILES string of the molecule is CCOC(=O)N1C=C2N(Cc3ccccc3)C=CC2(F)C1. The van der Waals surface area contributed by atoms with Gasteiger partial charge in [0.05, 0.1) is 18.8 Å². The summed E-state index contributed by atoms with van der Waals surface area (Å²) in [6.07, 6.45) is 4.27. The minimum atomic E-state index is -1.61. The van der Waals surface area contributed by atoms with Crippen molar-refractivity contribution in [3.8, 4) is 0 Å². The van der Waals surface area contributed by atoms with Gasteiger partial charge in [0.15, 0.2) is 5.67 Å². The predicted molar refractivity (Wildman–Crippen MR) is 76.8 cm³/mol. The summed E-state index contributed by atoms with van der Waals surface area (Å²) in [6, 6.07) is 9.83. The van der Waals surface area contributed by atoms with Crippen molar-refractivity contribution in [3.63, 3.8) is 0 Å². The van der Waals surface area contributed by atoms with Gasteiger partial charge in [0.1, 0.15) is 0 Å². The number of carbonyl (C=O) groups excluding carboxylic acids is 1. The zero-order valence-electron chi connectivity index (χ0n) is 11.8. The van der Waals surface area contributed by atoms with Gasteiger partial charge in [-0.2, -0.15) is 0 Å². The summed E-state index contributed by atoms with van der Waals surface area (Å²) in [5.74, 6) is 0. The first-order chi connectivity index (χ1) is 10.1. The van der Waals surface area contributed by atoms with Gasteiger partial charge < -0.3 is 9.64 Å². The van der Waals surface area contributed by atoms with E-state index in [1.54, 1.807) is 19.3 Å². The van der Waals surface area contributed by atoms with Crippen LogP contribution in [0.4, 0.5) is 9.18 Å². The van der Waals surface area contributed by atoms with Crippen molar-refractivity contribution >= 4 is 6.09 Å². The number of halogens is 1. The molecule has 0 saturated carbocycles. The highest BCUT2D eigenvalue weighted by Gasteiger charge is 2.47. The third-order valence-corrected chi connectivity index (χ3v) is 3.63. The van der Waals surface area contributed by atoms with E-state index in [4.69, 9.17) is 4.74 Å². The van der Waals surface area contributed by atoms with Gasteiger partial charge in [0.25, 0.3) is 0 Å². The minimum absolute atomic E-state index is 0.0248. The lowest BCUT2D eigenvalue weighted by Gasteiger charge is -2.21. The first kappa shape index (κ1) is 13.7. The molecule has 1 aromatic rings. The van der Waals surface area contributed by atoms with E-state index in [2.05, 4.69) is 0 Å². The Labute approximate surface area is 123 Å². The molecule has 0 aromatic heterocycles. The number of benzene rings is 1. The normalized spacial score (nSPS) is 23.2. The van der Waals surface area contributed by atoms with Crippen molar-refractivity contribution in [3.05, 3.63) is 60.1 Å². The molecule has 4 nitrogen and oxygen atoms in total. The average Bonchev–Trinajstić information content (AvgIpc) is 2.96. The van der Waals surface area contributed by atoms with E-state index in [0.29, 0.717) is 12.2 Å². The van der Waals surface area contributed by atoms with Crippen LogP contribution in [0.25, 0.3) is 0 Å². The minimum Gasteiger partial charge on any atom is -0.449 e. The van der Waals surface area contributed by atoms with E-state index in [-0.39, 0.29) is 13.2 Å². The smallest absolute Gasteiger partial charge is 0.413 e. The van der Waals surface area contributed by atoms with Crippen LogP contribution in [0.3, 0.4) is 0 Å². The van der Waals surface area contributed by atoms with Gasteiger partial charge in [0.2, 0.25) is 0 Å². The van der Waals surface area contributed by atoms with Gasteiger partial charge in [-0.15, -0.1) is 0 Å². The number of carbonyl (C=O) groups is 1. The second-order valence-electron chi connectivity index (χ2n) is 5.13. The molecule has 2 aliphatic rings. The molecule has 0 radical (unpaired) electrons. The lowest BCUT2D eigenvalue weighted by atomic mass is 10.1. The Kier molecular flexibility index (Phi) is 3.41. The summed E-state index contributed by atoms with van der Waals surface area (Å²) >= 11 is 0. The fraction of sp³-hybridized carbons (Fsp3) is 0.312. The van der Waals surface area contributed by atoms with E-state index in [0.717, 1.165) is 5.56 Å². The van der Waals surface area contributed by atoms with Crippen LogP contribution in [0.5, 0.6) is 0 Å². The molecule has 21 heavy (non-hydrogen) atoms. The van der Waals surface area contributed by atoms with Crippen LogP contribution in [-0.2, 0) is 11.3 Å². The van der Waals surface area contributed by atoms with Crippen LogP contribution < -0.4 is 0 Å². The first-order valence-corrected chi connectivity index (χ1v) is 6.97. The zero-order chi connectivity index (χ0) is 14.9. The molecule has 1 aromatic carbocycles. The lowest BCUT2D eigenvalue weighted by Crippen LogP contribution is -2.33. The highest BCUT2D eigenvalue weighted by Crippen LogP contribution is 2.39. The van der Waals surface area contributed by atoms with E-state index >= 15 is 0 Å². The topological polar surface area (TPSA) is 32.8 Å². The summed E-state index contributed by atoms with van der Waals surface area (Å²) in [5.41, 5.74) is -0.0389. The maximum Gasteiger partial charge on any atom is 0.413 e. The number of alkyl halides is 1. The van der Waals surface area contributed by atoms with Crippen molar-refractivity contribution in [1.82, 2.24) is 9.80 Å². The molecule has 3 rings (SSSR count). The van der Waals surface area contributed by atoms with Crippen molar-refractivity contribution in [1.29, 1.82) is 0 Å². The first-order valence-electron chi connectivity index (χ1n) is 6.97. The average molecular weight is 288 g/mol. The Morgan fingerprint density at radius 3 is 2.86 bits per heavy atom. The van der Waals surface area contributed by atoms with Crippen molar-refractivity contribution < 1.29 is 13.9 Å². The third-order valence-electron chi connectivity index (χ3n) is 3.63. The molecule has 1 unspecified atom stereocenters. The maximum atomic E-state index is 14.9. The van der Waals surface area contributed by atoms with Gasteiger partial charge in [-0.3, -0.25) is 4.90 Å². The maximum absolute atomic E-state index is 14.9. The van der Waals surface area contributed by atoms with Gasteiger partial charge in [0, 0.05) is 18.9 Å². The molecule has 110 valence electrons. The van der Waals surface area contributed by atoms with Gasteiger partial charge in [-0.1, -0.05) is 30.3 Å². The molecule has 0 spiro atoms.